The van der Waals surface area contributed by atoms with E-state index < -0.39 is 16.9 Å². The second-order valence-electron chi connectivity index (χ2n) is 8.60. The smallest absolute Gasteiger partial charge is 0.269 e. The molecule has 2 amide bonds. The molecule has 1 fully saturated rings. The van der Waals surface area contributed by atoms with E-state index in [2.05, 4.69) is 12.0 Å². The lowest BCUT2D eigenvalue weighted by molar-refractivity contribution is -0.384. The third-order valence-corrected chi connectivity index (χ3v) is 6.31. The molecule has 2 aliphatic heterocycles. The molecule has 0 aromatic heterocycles. The van der Waals surface area contributed by atoms with Crippen molar-refractivity contribution in [2.75, 3.05) is 16.5 Å². The number of nitro groups is 1. The Morgan fingerprint density at radius 2 is 1.61 bits per heavy atom. The highest BCUT2D eigenvalue weighted by atomic mass is 16.6. The minimum absolute atomic E-state index is 0.0643. The second kappa shape index (κ2) is 9.61. The topological polar surface area (TPSA) is 105 Å². The first kappa shape index (κ1) is 23.2. The SMILES string of the molecule is CCCCOc1ccc(N2C(=O)[C@H]3C(c4ccc([N+](=O)[O-])cc4)=NN(c4ccccc4)[C@@H]3C2=O)cc1. The van der Waals surface area contributed by atoms with Crippen molar-refractivity contribution < 1.29 is 19.2 Å². The van der Waals surface area contributed by atoms with Gasteiger partial charge in [-0.2, -0.15) is 5.10 Å². The molecule has 0 aliphatic carbocycles. The number of nitro benzene ring substituents is 1. The fourth-order valence-corrected chi connectivity index (χ4v) is 4.48. The summed E-state index contributed by atoms with van der Waals surface area (Å²) in [6.07, 6.45) is 1.96. The van der Waals surface area contributed by atoms with Gasteiger partial charge in [-0.05, 0) is 60.5 Å². The van der Waals surface area contributed by atoms with Gasteiger partial charge in [-0.1, -0.05) is 31.5 Å². The van der Waals surface area contributed by atoms with E-state index in [1.54, 1.807) is 41.4 Å². The standard InChI is InChI=1S/C27H24N4O5/c1-2-3-17-36-22-15-13-19(14-16-22)29-26(32)23-24(18-9-11-21(12-10-18)31(34)35)28-30(25(23)27(29)33)20-7-5-4-6-8-20/h4-16,23,25H,2-3,17H2,1H3/t23-,25-/m0/s1. The fourth-order valence-electron chi connectivity index (χ4n) is 4.48. The van der Waals surface area contributed by atoms with E-state index in [-0.39, 0.29) is 17.5 Å². The van der Waals surface area contributed by atoms with Crippen LogP contribution in [-0.4, -0.2) is 35.1 Å². The molecule has 0 saturated carbocycles. The molecule has 2 heterocycles. The summed E-state index contributed by atoms with van der Waals surface area (Å²) in [5.74, 6) is -0.945. The van der Waals surface area contributed by atoms with E-state index in [0.717, 1.165) is 12.8 Å². The van der Waals surface area contributed by atoms with Crippen molar-refractivity contribution in [2.45, 2.75) is 25.8 Å². The third kappa shape index (κ3) is 4.08. The maximum atomic E-state index is 13.7. The molecule has 0 radical (unpaired) electrons. The van der Waals surface area contributed by atoms with Gasteiger partial charge in [0, 0.05) is 12.1 Å². The van der Waals surface area contributed by atoms with Crippen LogP contribution in [0.3, 0.4) is 0 Å². The van der Waals surface area contributed by atoms with Crippen LogP contribution in [0.4, 0.5) is 17.1 Å². The van der Waals surface area contributed by atoms with Crippen LogP contribution in [0.15, 0.2) is 84.0 Å². The molecule has 9 nitrogen and oxygen atoms in total. The van der Waals surface area contributed by atoms with Gasteiger partial charge in [0.2, 0.25) is 5.91 Å². The molecule has 3 aromatic rings. The Hall–Kier alpha value is -4.53. The summed E-state index contributed by atoms with van der Waals surface area (Å²) >= 11 is 0. The Kier molecular flexibility index (Phi) is 6.20. The Labute approximate surface area is 207 Å². The first-order valence-corrected chi connectivity index (χ1v) is 11.8. The minimum Gasteiger partial charge on any atom is -0.494 e. The average molecular weight is 485 g/mol. The highest BCUT2D eigenvalue weighted by Gasteiger charge is 2.57. The van der Waals surface area contributed by atoms with Gasteiger partial charge in [-0.3, -0.25) is 24.7 Å². The van der Waals surface area contributed by atoms with Crippen molar-refractivity contribution in [1.82, 2.24) is 0 Å². The van der Waals surface area contributed by atoms with Crippen molar-refractivity contribution in [3.05, 3.63) is 94.5 Å². The van der Waals surface area contributed by atoms with Crippen LogP contribution in [0, 0.1) is 16.0 Å². The Morgan fingerprint density at radius 3 is 2.25 bits per heavy atom. The van der Waals surface area contributed by atoms with E-state index in [1.165, 1.54) is 17.0 Å². The highest BCUT2D eigenvalue weighted by Crippen LogP contribution is 2.39. The molecule has 0 spiro atoms. The van der Waals surface area contributed by atoms with Crippen molar-refractivity contribution in [2.24, 2.45) is 11.0 Å². The predicted octanol–water partition coefficient (Wildman–Crippen LogP) is 4.56. The van der Waals surface area contributed by atoms with E-state index >= 15 is 0 Å². The van der Waals surface area contributed by atoms with Gasteiger partial charge in [0.1, 0.15) is 17.7 Å². The highest BCUT2D eigenvalue weighted by molar-refractivity contribution is 6.34. The predicted molar refractivity (Wildman–Crippen MR) is 135 cm³/mol. The van der Waals surface area contributed by atoms with Gasteiger partial charge in [-0.25, -0.2) is 4.90 Å². The molecule has 2 atom stereocenters. The van der Waals surface area contributed by atoms with Crippen LogP contribution >= 0.6 is 0 Å². The van der Waals surface area contributed by atoms with Gasteiger partial charge in [0.05, 0.1) is 28.6 Å². The zero-order valence-electron chi connectivity index (χ0n) is 19.6. The molecule has 0 bridgehead atoms. The molecule has 36 heavy (non-hydrogen) atoms. The van der Waals surface area contributed by atoms with Crippen LogP contribution in [0.25, 0.3) is 0 Å². The number of hydrogen-bond acceptors (Lipinski definition) is 7. The summed E-state index contributed by atoms with van der Waals surface area (Å²) in [5, 5.41) is 17.3. The van der Waals surface area contributed by atoms with Gasteiger partial charge in [0.15, 0.2) is 0 Å². The summed E-state index contributed by atoms with van der Waals surface area (Å²) in [5.41, 5.74) is 2.02. The maximum Gasteiger partial charge on any atom is 0.269 e. The molecule has 9 heteroatoms. The van der Waals surface area contributed by atoms with Crippen LogP contribution < -0.4 is 14.6 Å². The van der Waals surface area contributed by atoms with Crippen LogP contribution in [0.5, 0.6) is 5.75 Å². The number of ether oxygens (including phenoxy) is 1. The lowest BCUT2D eigenvalue weighted by Gasteiger charge is -2.22. The summed E-state index contributed by atoms with van der Waals surface area (Å²) in [7, 11) is 0. The molecular formula is C27H24N4O5. The number of nitrogens with zero attached hydrogens (tertiary/aromatic N) is 4. The van der Waals surface area contributed by atoms with Crippen LogP contribution in [0.2, 0.25) is 0 Å². The zero-order valence-corrected chi connectivity index (χ0v) is 19.6. The number of fused-ring (bicyclic) bond motifs is 1. The number of non-ortho nitro benzene ring substituents is 1. The largest absolute Gasteiger partial charge is 0.494 e. The van der Waals surface area contributed by atoms with E-state index in [9.17, 15) is 19.7 Å². The molecule has 0 N–H and O–H groups in total. The van der Waals surface area contributed by atoms with Gasteiger partial charge < -0.3 is 4.74 Å². The molecule has 3 aromatic carbocycles. The normalized spacial score (nSPS) is 18.9. The van der Waals surface area contributed by atoms with Crippen molar-refractivity contribution >= 4 is 34.6 Å². The Bertz CT molecular complexity index is 1320. The second-order valence-corrected chi connectivity index (χ2v) is 8.60. The number of hydrogen-bond donors (Lipinski definition) is 0. The van der Waals surface area contributed by atoms with Crippen molar-refractivity contribution in [3.8, 4) is 5.75 Å². The van der Waals surface area contributed by atoms with Crippen molar-refractivity contribution in [1.29, 1.82) is 0 Å². The number of benzene rings is 3. The number of hydrazone groups is 1. The lowest BCUT2D eigenvalue weighted by atomic mass is 9.92. The lowest BCUT2D eigenvalue weighted by Crippen LogP contribution is -2.39. The number of rotatable bonds is 8. The van der Waals surface area contributed by atoms with Crippen LogP contribution in [0.1, 0.15) is 25.3 Å². The quantitative estimate of drug-likeness (QED) is 0.201. The summed E-state index contributed by atoms with van der Waals surface area (Å²) in [6.45, 7) is 2.68. The first-order valence-electron chi connectivity index (χ1n) is 11.8. The summed E-state index contributed by atoms with van der Waals surface area (Å²) in [6, 6.07) is 21.1. The number of amides is 2. The number of anilines is 2. The molecule has 182 valence electrons. The third-order valence-electron chi connectivity index (χ3n) is 6.31. The van der Waals surface area contributed by atoms with Crippen molar-refractivity contribution in [3.63, 3.8) is 0 Å². The number of carbonyl (C=O) groups is 2. The average Bonchev–Trinajstić information content (AvgIpc) is 3.42. The monoisotopic (exact) mass is 484 g/mol. The molecular weight excluding hydrogens is 460 g/mol. The maximum absolute atomic E-state index is 13.7. The van der Waals surface area contributed by atoms with Gasteiger partial charge >= 0.3 is 0 Å². The summed E-state index contributed by atoms with van der Waals surface area (Å²) in [4.78, 5) is 39.2. The Morgan fingerprint density at radius 1 is 0.917 bits per heavy atom. The molecule has 5 rings (SSSR count). The molecule has 2 aliphatic rings. The molecule has 1 saturated heterocycles. The molecule has 0 unspecified atom stereocenters. The Balaban J connectivity index is 1.50. The van der Waals surface area contributed by atoms with Gasteiger partial charge in [0.25, 0.3) is 11.6 Å². The number of para-hydroxylation sites is 1. The fraction of sp³-hybridized carbons (Fsp3) is 0.222. The van der Waals surface area contributed by atoms with E-state index in [1.807, 2.05) is 30.3 Å². The van der Waals surface area contributed by atoms with E-state index in [4.69, 9.17) is 4.74 Å². The first-order chi connectivity index (χ1) is 17.5. The minimum atomic E-state index is -0.856. The number of unbranched alkanes of at least 4 members (excludes halogenated alkanes) is 1. The number of imide groups is 1. The van der Waals surface area contributed by atoms with Gasteiger partial charge in [-0.15, -0.1) is 0 Å². The van der Waals surface area contributed by atoms with E-state index in [0.29, 0.717) is 35.0 Å². The zero-order chi connectivity index (χ0) is 25.2. The summed E-state index contributed by atoms with van der Waals surface area (Å²) < 4.78 is 5.70. The number of carbonyl (C=O) groups excluding carboxylic acids is 2. The van der Waals surface area contributed by atoms with Crippen LogP contribution in [-0.2, 0) is 9.59 Å².